The minimum Gasteiger partial charge on any atom is -0.325 e. The van der Waals surface area contributed by atoms with Crippen molar-refractivity contribution in [1.82, 2.24) is 19.9 Å². The Morgan fingerprint density at radius 2 is 2.43 bits per heavy atom. The standard InChI is InChI=1S/C15H19N5O/c21-15(8-12-2-1-5-16-9-12)19-13-3-4-14(18-10-13)20-7-6-17-11-20/h3-4,6-7,10-12,16H,1-2,5,8-9H2,(H,19,21). The van der Waals surface area contributed by atoms with Gasteiger partial charge in [-0.3, -0.25) is 9.36 Å². The van der Waals surface area contributed by atoms with Gasteiger partial charge >= 0.3 is 0 Å². The minimum absolute atomic E-state index is 0.0564. The third kappa shape index (κ3) is 3.66. The molecule has 2 aromatic rings. The number of carbonyl (C=O) groups excluding carboxylic acids is 1. The second-order valence-corrected chi connectivity index (χ2v) is 5.34. The molecule has 1 aliphatic rings. The lowest BCUT2D eigenvalue weighted by Crippen LogP contribution is -2.32. The number of amides is 1. The lowest BCUT2D eigenvalue weighted by Gasteiger charge is -2.22. The molecule has 0 saturated carbocycles. The number of nitrogens with one attached hydrogen (secondary N) is 2. The van der Waals surface area contributed by atoms with Gasteiger partial charge in [0.2, 0.25) is 5.91 Å². The fourth-order valence-electron chi connectivity index (χ4n) is 2.58. The summed E-state index contributed by atoms with van der Waals surface area (Å²) in [7, 11) is 0. The molecule has 3 rings (SSSR count). The summed E-state index contributed by atoms with van der Waals surface area (Å²) in [5.74, 6) is 1.28. The molecular weight excluding hydrogens is 266 g/mol. The minimum atomic E-state index is 0.0564. The maximum absolute atomic E-state index is 12.0. The van der Waals surface area contributed by atoms with E-state index in [4.69, 9.17) is 0 Å². The number of nitrogens with zero attached hydrogens (tertiary/aromatic N) is 3. The van der Waals surface area contributed by atoms with Crippen molar-refractivity contribution in [2.45, 2.75) is 19.3 Å². The Balaban J connectivity index is 1.56. The van der Waals surface area contributed by atoms with E-state index in [-0.39, 0.29) is 5.91 Å². The second kappa shape index (κ2) is 6.49. The summed E-state index contributed by atoms with van der Waals surface area (Å²) in [5, 5.41) is 6.23. The zero-order valence-corrected chi connectivity index (χ0v) is 11.8. The number of carbonyl (C=O) groups is 1. The Morgan fingerprint density at radius 1 is 1.48 bits per heavy atom. The van der Waals surface area contributed by atoms with Crippen LogP contribution in [-0.2, 0) is 4.79 Å². The second-order valence-electron chi connectivity index (χ2n) is 5.34. The molecule has 1 aliphatic heterocycles. The summed E-state index contributed by atoms with van der Waals surface area (Å²) in [4.78, 5) is 20.3. The highest BCUT2D eigenvalue weighted by atomic mass is 16.1. The van der Waals surface area contributed by atoms with E-state index in [1.54, 1.807) is 18.7 Å². The first-order chi connectivity index (χ1) is 10.3. The molecule has 1 atom stereocenters. The molecule has 1 amide bonds. The number of piperidine rings is 1. The lowest BCUT2D eigenvalue weighted by atomic mass is 9.96. The van der Waals surface area contributed by atoms with Crippen LogP contribution in [0.4, 0.5) is 5.69 Å². The molecule has 0 aliphatic carbocycles. The van der Waals surface area contributed by atoms with Crippen LogP contribution in [0.15, 0.2) is 37.1 Å². The van der Waals surface area contributed by atoms with Gasteiger partial charge in [-0.1, -0.05) is 0 Å². The van der Waals surface area contributed by atoms with Gasteiger partial charge in [0, 0.05) is 18.8 Å². The van der Waals surface area contributed by atoms with Gasteiger partial charge in [0.25, 0.3) is 0 Å². The van der Waals surface area contributed by atoms with Crippen LogP contribution < -0.4 is 10.6 Å². The number of hydrogen-bond donors (Lipinski definition) is 2. The summed E-state index contributed by atoms with van der Waals surface area (Å²) < 4.78 is 1.82. The Labute approximate surface area is 123 Å². The summed E-state index contributed by atoms with van der Waals surface area (Å²) in [5.41, 5.74) is 0.729. The smallest absolute Gasteiger partial charge is 0.224 e. The molecule has 2 N–H and O–H groups in total. The fourth-order valence-corrected chi connectivity index (χ4v) is 2.58. The number of pyridine rings is 1. The van der Waals surface area contributed by atoms with Gasteiger partial charge < -0.3 is 10.6 Å². The van der Waals surface area contributed by atoms with Crippen LogP contribution in [0, 0.1) is 5.92 Å². The van der Waals surface area contributed by atoms with Crippen LogP contribution in [-0.4, -0.2) is 33.5 Å². The quantitative estimate of drug-likeness (QED) is 0.895. The summed E-state index contributed by atoms with van der Waals surface area (Å²) in [6.45, 7) is 2.00. The van der Waals surface area contributed by atoms with Crippen LogP contribution in [0.1, 0.15) is 19.3 Å². The molecule has 1 fully saturated rings. The molecule has 21 heavy (non-hydrogen) atoms. The van der Waals surface area contributed by atoms with Gasteiger partial charge in [-0.05, 0) is 44.0 Å². The molecule has 0 radical (unpaired) electrons. The third-order valence-electron chi connectivity index (χ3n) is 3.67. The summed E-state index contributed by atoms with van der Waals surface area (Å²) in [6, 6.07) is 3.72. The fraction of sp³-hybridized carbons (Fsp3) is 0.400. The van der Waals surface area contributed by atoms with Crippen LogP contribution in [0.25, 0.3) is 5.82 Å². The Hall–Kier alpha value is -2.21. The predicted octanol–water partition coefficient (Wildman–Crippen LogP) is 1.60. The predicted molar refractivity (Wildman–Crippen MR) is 80.2 cm³/mol. The third-order valence-corrected chi connectivity index (χ3v) is 3.67. The summed E-state index contributed by atoms with van der Waals surface area (Å²) in [6.07, 6.45) is 9.74. The first kappa shape index (κ1) is 13.8. The molecule has 0 bridgehead atoms. The van der Waals surface area contributed by atoms with E-state index in [2.05, 4.69) is 20.6 Å². The van der Waals surface area contributed by atoms with Crippen molar-refractivity contribution in [2.24, 2.45) is 5.92 Å². The van der Waals surface area contributed by atoms with E-state index in [0.717, 1.165) is 37.4 Å². The zero-order chi connectivity index (χ0) is 14.5. The van der Waals surface area contributed by atoms with Gasteiger partial charge in [0.1, 0.15) is 12.1 Å². The number of hydrogen-bond acceptors (Lipinski definition) is 4. The highest BCUT2D eigenvalue weighted by molar-refractivity contribution is 5.90. The van der Waals surface area contributed by atoms with E-state index in [9.17, 15) is 4.79 Å². The van der Waals surface area contributed by atoms with Crippen molar-refractivity contribution >= 4 is 11.6 Å². The Bertz CT molecular complexity index is 573. The van der Waals surface area contributed by atoms with Crippen LogP contribution in [0.2, 0.25) is 0 Å². The van der Waals surface area contributed by atoms with Crippen LogP contribution in [0.3, 0.4) is 0 Å². The highest BCUT2D eigenvalue weighted by Gasteiger charge is 2.16. The maximum Gasteiger partial charge on any atom is 0.224 e. The number of anilines is 1. The SMILES string of the molecule is O=C(CC1CCCNC1)Nc1ccc(-n2ccnc2)nc1. The first-order valence-corrected chi connectivity index (χ1v) is 7.26. The molecule has 1 unspecified atom stereocenters. The lowest BCUT2D eigenvalue weighted by molar-refractivity contribution is -0.117. The van der Waals surface area contributed by atoms with Crippen molar-refractivity contribution in [3.63, 3.8) is 0 Å². The maximum atomic E-state index is 12.0. The average Bonchev–Trinajstić information content (AvgIpc) is 3.03. The van der Waals surface area contributed by atoms with Crippen molar-refractivity contribution in [1.29, 1.82) is 0 Å². The molecule has 6 heteroatoms. The number of aromatic nitrogens is 3. The van der Waals surface area contributed by atoms with E-state index < -0.39 is 0 Å². The normalized spacial score (nSPS) is 18.4. The highest BCUT2D eigenvalue weighted by Crippen LogP contribution is 2.16. The number of rotatable bonds is 4. The van der Waals surface area contributed by atoms with E-state index in [1.807, 2.05) is 22.9 Å². The average molecular weight is 285 g/mol. The van der Waals surface area contributed by atoms with Crippen molar-refractivity contribution in [3.05, 3.63) is 37.1 Å². The zero-order valence-electron chi connectivity index (χ0n) is 11.8. The van der Waals surface area contributed by atoms with Gasteiger partial charge in [-0.25, -0.2) is 9.97 Å². The molecule has 6 nitrogen and oxygen atoms in total. The Kier molecular flexibility index (Phi) is 4.25. The van der Waals surface area contributed by atoms with E-state index in [0.29, 0.717) is 12.3 Å². The van der Waals surface area contributed by atoms with Gasteiger partial charge in [0.15, 0.2) is 0 Å². The molecule has 110 valence electrons. The van der Waals surface area contributed by atoms with E-state index in [1.165, 1.54) is 0 Å². The molecule has 3 heterocycles. The van der Waals surface area contributed by atoms with Gasteiger partial charge in [0.05, 0.1) is 11.9 Å². The largest absolute Gasteiger partial charge is 0.325 e. The summed E-state index contributed by atoms with van der Waals surface area (Å²) >= 11 is 0. The van der Waals surface area contributed by atoms with E-state index >= 15 is 0 Å². The van der Waals surface area contributed by atoms with Crippen molar-refractivity contribution in [2.75, 3.05) is 18.4 Å². The van der Waals surface area contributed by atoms with Crippen molar-refractivity contribution in [3.8, 4) is 5.82 Å². The van der Waals surface area contributed by atoms with Gasteiger partial charge in [-0.15, -0.1) is 0 Å². The topological polar surface area (TPSA) is 71.8 Å². The number of imidazole rings is 1. The van der Waals surface area contributed by atoms with Crippen molar-refractivity contribution < 1.29 is 4.79 Å². The molecule has 0 aromatic carbocycles. The molecule has 2 aromatic heterocycles. The molecule has 0 spiro atoms. The van der Waals surface area contributed by atoms with Gasteiger partial charge in [-0.2, -0.15) is 0 Å². The first-order valence-electron chi connectivity index (χ1n) is 7.26. The van der Waals surface area contributed by atoms with Crippen LogP contribution >= 0.6 is 0 Å². The Morgan fingerprint density at radius 3 is 3.10 bits per heavy atom. The van der Waals surface area contributed by atoms with Crippen LogP contribution in [0.5, 0.6) is 0 Å². The molecule has 1 saturated heterocycles. The molecular formula is C15H19N5O. The monoisotopic (exact) mass is 285 g/mol.